The molecule has 0 aromatic rings. The summed E-state index contributed by atoms with van der Waals surface area (Å²) in [4.78, 5) is 0. The summed E-state index contributed by atoms with van der Waals surface area (Å²) in [6.45, 7) is 2.83. The van der Waals surface area contributed by atoms with Gasteiger partial charge >= 0.3 is 0 Å². The van der Waals surface area contributed by atoms with Gasteiger partial charge in [-0.15, -0.1) is 0 Å². The van der Waals surface area contributed by atoms with E-state index in [0.29, 0.717) is 0 Å². The standard InChI is InChI=1S/C9H8N4/c1-8(4-10,5-11)3-9(2,6-12)7-13/h3H2,1-2H3. The van der Waals surface area contributed by atoms with Crippen molar-refractivity contribution in [3.63, 3.8) is 0 Å². The third-order valence-corrected chi connectivity index (χ3v) is 1.69. The van der Waals surface area contributed by atoms with Crippen LogP contribution in [0.3, 0.4) is 0 Å². The maximum absolute atomic E-state index is 8.65. The molecule has 0 saturated heterocycles. The summed E-state index contributed by atoms with van der Waals surface area (Å²) in [5.74, 6) is 0. The fourth-order valence-corrected chi connectivity index (χ4v) is 0.915. The van der Waals surface area contributed by atoms with Crippen LogP contribution in [0.15, 0.2) is 0 Å². The molecule has 64 valence electrons. The number of hydrogen-bond donors (Lipinski definition) is 0. The van der Waals surface area contributed by atoms with Crippen molar-refractivity contribution < 1.29 is 0 Å². The first-order valence-corrected chi connectivity index (χ1v) is 3.60. The maximum atomic E-state index is 8.65. The summed E-state index contributed by atoms with van der Waals surface area (Å²) in [6.07, 6.45) is -0.0556. The zero-order chi connectivity index (χ0) is 10.5. The highest BCUT2D eigenvalue weighted by Crippen LogP contribution is 2.32. The van der Waals surface area contributed by atoms with E-state index < -0.39 is 10.8 Å². The van der Waals surface area contributed by atoms with E-state index in [1.165, 1.54) is 13.8 Å². The van der Waals surface area contributed by atoms with Crippen LogP contribution in [0.4, 0.5) is 0 Å². The van der Waals surface area contributed by atoms with Gasteiger partial charge in [-0.1, -0.05) is 0 Å². The van der Waals surface area contributed by atoms with Gasteiger partial charge in [-0.3, -0.25) is 0 Å². The minimum absolute atomic E-state index is 0.0556. The molecule has 0 N–H and O–H groups in total. The first-order valence-electron chi connectivity index (χ1n) is 3.60. The van der Waals surface area contributed by atoms with Crippen molar-refractivity contribution in [2.45, 2.75) is 20.3 Å². The molecule has 0 saturated carbocycles. The van der Waals surface area contributed by atoms with Crippen LogP contribution in [0.5, 0.6) is 0 Å². The molecule has 0 heterocycles. The summed E-state index contributed by atoms with van der Waals surface area (Å²) in [5.41, 5.74) is -2.53. The lowest BCUT2D eigenvalue weighted by molar-refractivity contribution is 0.395. The SMILES string of the molecule is CC(C#N)(C#N)CC(C)(C#N)C#N. The minimum atomic E-state index is -1.26. The predicted octanol–water partition coefficient (Wildman–Crippen LogP) is 1.48. The number of nitriles is 4. The third-order valence-electron chi connectivity index (χ3n) is 1.69. The summed E-state index contributed by atoms with van der Waals surface area (Å²) in [6, 6.07) is 7.16. The van der Waals surface area contributed by atoms with E-state index in [9.17, 15) is 0 Å². The van der Waals surface area contributed by atoms with Crippen molar-refractivity contribution in [1.82, 2.24) is 0 Å². The van der Waals surface area contributed by atoms with Crippen molar-refractivity contribution in [3.05, 3.63) is 0 Å². The predicted molar refractivity (Wildman–Crippen MR) is 43.3 cm³/mol. The van der Waals surface area contributed by atoms with Gasteiger partial charge in [0.15, 0.2) is 0 Å². The van der Waals surface area contributed by atoms with Crippen LogP contribution in [0.1, 0.15) is 20.3 Å². The normalized spacial score (nSPS) is 10.3. The third kappa shape index (κ3) is 2.48. The molecule has 0 aliphatic rings. The van der Waals surface area contributed by atoms with Crippen LogP contribution in [0.2, 0.25) is 0 Å². The molecule has 0 aliphatic heterocycles. The Balaban J connectivity index is 4.88. The highest BCUT2D eigenvalue weighted by Gasteiger charge is 2.36. The Morgan fingerprint density at radius 1 is 0.769 bits per heavy atom. The molecule has 0 radical (unpaired) electrons. The Morgan fingerprint density at radius 2 is 1.00 bits per heavy atom. The smallest absolute Gasteiger partial charge is 0.143 e. The Labute approximate surface area is 77.2 Å². The topological polar surface area (TPSA) is 95.2 Å². The second-order valence-electron chi connectivity index (χ2n) is 3.29. The molecular formula is C9H8N4. The molecule has 4 nitrogen and oxygen atoms in total. The molecule has 0 amide bonds. The van der Waals surface area contributed by atoms with Gasteiger partial charge in [0, 0.05) is 6.42 Å². The van der Waals surface area contributed by atoms with Gasteiger partial charge in [0.25, 0.3) is 0 Å². The zero-order valence-electron chi connectivity index (χ0n) is 7.50. The Bertz CT molecular complexity index is 291. The second kappa shape index (κ2) is 3.57. The zero-order valence-corrected chi connectivity index (χ0v) is 7.50. The molecule has 0 unspecified atom stereocenters. The van der Waals surface area contributed by atoms with Crippen LogP contribution in [-0.2, 0) is 0 Å². The van der Waals surface area contributed by atoms with Crippen LogP contribution in [0, 0.1) is 56.2 Å². The van der Waals surface area contributed by atoms with Crippen molar-refractivity contribution >= 4 is 0 Å². The monoisotopic (exact) mass is 172 g/mol. The summed E-state index contributed by atoms with van der Waals surface area (Å²) in [5, 5.41) is 34.6. The first kappa shape index (κ1) is 11.0. The molecule has 0 aromatic carbocycles. The average Bonchev–Trinajstić information content (AvgIpc) is 2.17. The fourth-order valence-electron chi connectivity index (χ4n) is 0.915. The molecule has 0 fully saturated rings. The van der Waals surface area contributed by atoms with E-state index in [0.717, 1.165) is 0 Å². The number of hydrogen-bond acceptors (Lipinski definition) is 4. The second-order valence-corrected chi connectivity index (χ2v) is 3.29. The van der Waals surface area contributed by atoms with Crippen LogP contribution < -0.4 is 0 Å². The van der Waals surface area contributed by atoms with Crippen LogP contribution in [0.25, 0.3) is 0 Å². The lowest BCUT2D eigenvalue weighted by Crippen LogP contribution is -2.23. The van der Waals surface area contributed by atoms with E-state index in [1.54, 1.807) is 24.3 Å². The highest BCUT2D eigenvalue weighted by atomic mass is 14.5. The molecule has 4 heteroatoms. The van der Waals surface area contributed by atoms with Crippen molar-refractivity contribution in [1.29, 1.82) is 21.0 Å². The van der Waals surface area contributed by atoms with E-state index in [4.69, 9.17) is 21.0 Å². The van der Waals surface area contributed by atoms with Gasteiger partial charge in [0.05, 0.1) is 24.3 Å². The maximum Gasteiger partial charge on any atom is 0.143 e. The number of rotatable bonds is 2. The van der Waals surface area contributed by atoms with Crippen LogP contribution >= 0.6 is 0 Å². The van der Waals surface area contributed by atoms with E-state index in [-0.39, 0.29) is 6.42 Å². The van der Waals surface area contributed by atoms with Crippen LogP contribution in [-0.4, -0.2) is 0 Å². The molecule has 13 heavy (non-hydrogen) atoms. The molecule has 0 aliphatic carbocycles. The Morgan fingerprint density at radius 3 is 1.15 bits per heavy atom. The molecule has 0 rings (SSSR count). The average molecular weight is 172 g/mol. The van der Waals surface area contributed by atoms with Gasteiger partial charge in [-0.25, -0.2) is 0 Å². The van der Waals surface area contributed by atoms with Gasteiger partial charge in [-0.05, 0) is 13.8 Å². The first-order chi connectivity index (χ1) is 5.95. The fraction of sp³-hybridized carbons (Fsp3) is 0.556. The van der Waals surface area contributed by atoms with Gasteiger partial charge in [-0.2, -0.15) is 21.0 Å². The van der Waals surface area contributed by atoms with Crippen molar-refractivity contribution in [2.24, 2.45) is 10.8 Å². The summed E-state index contributed by atoms with van der Waals surface area (Å²) < 4.78 is 0. The summed E-state index contributed by atoms with van der Waals surface area (Å²) in [7, 11) is 0. The number of nitrogens with zero attached hydrogens (tertiary/aromatic N) is 4. The molecule has 0 aromatic heterocycles. The van der Waals surface area contributed by atoms with Gasteiger partial charge < -0.3 is 0 Å². The quantitative estimate of drug-likeness (QED) is 0.630. The Kier molecular flexibility index (Phi) is 3.01. The van der Waals surface area contributed by atoms with Gasteiger partial charge in [0.1, 0.15) is 10.8 Å². The van der Waals surface area contributed by atoms with E-state index >= 15 is 0 Å². The molecule has 0 spiro atoms. The minimum Gasteiger partial charge on any atom is -0.197 e. The largest absolute Gasteiger partial charge is 0.197 e. The summed E-state index contributed by atoms with van der Waals surface area (Å²) >= 11 is 0. The lowest BCUT2D eigenvalue weighted by Gasteiger charge is -2.18. The molecule has 0 atom stereocenters. The molecular weight excluding hydrogens is 164 g/mol. The van der Waals surface area contributed by atoms with Gasteiger partial charge in [0.2, 0.25) is 0 Å². The van der Waals surface area contributed by atoms with E-state index in [2.05, 4.69) is 0 Å². The molecule has 0 bridgehead atoms. The van der Waals surface area contributed by atoms with Crippen molar-refractivity contribution in [2.75, 3.05) is 0 Å². The van der Waals surface area contributed by atoms with E-state index in [1.807, 2.05) is 0 Å². The lowest BCUT2D eigenvalue weighted by atomic mass is 9.76. The highest BCUT2D eigenvalue weighted by molar-refractivity contribution is 5.20. The van der Waals surface area contributed by atoms with Crippen molar-refractivity contribution in [3.8, 4) is 24.3 Å². The Hall–Kier alpha value is -2.04.